The molecule has 3 N–H and O–H groups in total. The van der Waals surface area contributed by atoms with Crippen molar-refractivity contribution in [2.75, 3.05) is 5.32 Å². The molecule has 0 fully saturated rings. The zero-order valence-electron chi connectivity index (χ0n) is 10.1. The van der Waals surface area contributed by atoms with Gasteiger partial charge in [0.05, 0.1) is 16.1 Å². The van der Waals surface area contributed by atoms with E-state index in [1.807, 2.05) is 13.8 Å². The molecule has 0 saturated carbocycles. The standard InChI is InChI=1S/C12H15Cl2FN2O/c1-3-6(2)11(16)12(18)17-7-4-8(13)10(15)9(14)5-7/h4-6,11H,3,16H2,1-2H3,(H,17,18). The number of anilines is 1. The van der Waals surface area contributed by atoms with Gasteiger partial charge in [-0.2, -0.15) is 0 Å². The molecule has 0 bridgehead atoms. The van der Waals surface area contributed by atoms with Gasteiger partial charge in [-0.1, -0.05) is 43.5 Å². The van der Waals surface area contributed by atoms with Gasteiger partial charge in [0.1, 0.15) is 0 Å². The first-order valence-electron chi connectivity index (χ1n) is 5.57. The van der Waals surface area contributed by atoms with E-state index in [1.165, 1.54) is 12.1 Å². The Labute approximate surface area is 115 Å². The van der Waals surface area contributed by atoms with Crippen molar-refractivity contribution in [3.63, 3.8) is 0 Å². The first kappa shape index (κ1) is 15.2. The Morgan fingerprint density at radius 3 is 2.39 bits per heavy atom. The van der Waals surface area contributed by atoms with Crippen LogP contribution in [-0.2, 0) is 4.79 Å². The predicted molar refractivity (Wildman–Crippen MR) is 72.5 cm³/mol. The Bertz CT molecular complexity index is 431. The Morgan fingerprint density at radius 2 is 1.94 bits per heavy atom. The third-order valence-electron chi connectivity index (χ3n) is 2.81. The molecule has 2 atom stereocenters. The summed E-state index contributed by atoms with van der Waals surface area (Å²) in [4.78, 5) is 11.8. The fraction of sp³-hybridized carbons (Fsp3) is 0.417. The number of carbonyl (C=O) groups excluding carboxylic acids is 1. The quantitative estimate of drug-likeness (QED) is 0.835. The van der Waals surface area contributed by atoms with Crippen LogP contribution in [0.2, 0.25) is 10.0 Å². The Hall–Kier alpha value is -0.840. The lowest BCUT2D eigenvalue weighted by Crippen LogP contribution is -2.40. The summed E-state index contributed by atoms with van der Waals surface area (Å²) in [6, 6.07) is 1.96. The molecule has 18 heavy (non-hydrogen) atoms. The summed E-state index contributed by atoms with van der Waals surface area (Å²) < 4.78 is 13.2. The van der Waals surface area contributed by atoms with Gasteiger partial charge in [-0.15, -0.1) is 0 Å². The van der Waals surface area contributed by atoms with E-state index in [1.54, 1.807) is 0 Å². The molecule has 0 heterocycles. The number of benzene rings is 1. The maximum atomic E-state index is 13.2. The minimum Gasteiger partial charge on any atom is -0.325 e. The van der Waals surface area contributed by atoms with Gasteiger partial charge in [0.25, 0.3) is 0 Å². The van der Waals surface area contributed by atoms with Crippen LogP contribution in [0.1, 0.15) is 20.3 Å². The van der Waals surface area contributed by atoms with Gasteiger partial charge in [0.15, 0.2) is 5.82 Å². The molecule has 100 valence electrons. The highest BCUT2D eigenvalue weighted by atomic mass is 35.5. The van der Waals surface area contributed by atoms with Gasteiger partial charge in [-0.25, -0.2) is 4.39 Å². The van der Waals surface area contributed by atoms with Gasteiger partial charge < -0.3 is 11.1 Å². The van der Waals surface area contributed by atoms with Crippen LogP contribution in [0, 0.1) is 11.7 Å². The fourth-order valence-corrected chi connectivity index (χ4v) is 1.85. The number of rotatable bonds is 4. The van der Waals surface area contributed by atoms with Gasteiger partial charge in [-0.05, 0) is 18.1 Å². The van der Waals surface area contributed by atoms with Crippen LogP contribution in [0.15, 0.2) is 12.1 Å². The first-order chi connectivity index (χ1) is 8.36. The zero-order valence-corrected chi connectivity index (χ0v) is 11.6. The smallest absolute Gasteiger partial charge is 0.241 e. The lowest BCUT2D eigenvalue weighted by atomic mass is 9.99. The topological polar surface area (TPSA) is 55.1 Å². The molecule has 0 aliphatic heterocycles. The maximum absolute atomic E-state index is 13.2. The number of nitrogens with one attached hydrogen (secondary N) is 1. The molecule has 0 saturated heterocycles. The molecule has 6 heteroatoms. The molecule has 1 aromatic carbocycles. The van der Waals surface area contributed by atoms with Crippen molar-refractivity contribution >= 4 is 34.8 Å². The largest absolute Gasteiger partial charge is 0.325 e. The lowest BCUT2D eigenvalue weighted by Gasteiger charge is -2.18. The Kier molecular flexibility index (Phi) is 5.38. The number of carbonyl (C=O) groups is 1. The average Bonchev–Trinajstić information content (AvgIpc) is 2.33. The zero-order chi connectivity index (χ0) is 13.9. The van der Waals surface area contributed by atoms with Crippen LogP contribution in [-0.4, -0.2) is 11.9 Å². The minimum absolute atomic E-state index is 0.0522. The van der Waals surface area contributed by atoms with E-state index in [9.17, 15) is 9.18 Å². The van der Waals surface area contributed by atoms with Crippen molar-refractivity contribution in [1.29, 1.82) is 0 Å². The summed E-state index contributed by atoms with van der Waals surface area (Å²) in [5.41, 5.74) is 6.10. The highest BCUT2D eigenvalue weighted by molar-refractivity contribution is 6.35. The number of halogens is 3. The second kappa shape index (κ2) is 6.36. The van der Waals surface area contributed by atoms with E-state index >= 15 is 0 Å². The molecule has 0 aliphatic rings. The van der Waals surface area contributed by atoms with Crippen LogP contribution >= 0.6 is 23.2 Å². The van der Waals surface area contributed by atoms with E-state index in [0.29, 0.717) is 5.69 Å². The number of hydrogen-bond acceptors (Lipinski definition) is 2. The van der Waals surface area contributed by atoms with Crippen LogP contribution in [0.3, 0.4) is 0 Å². The van der Waals surface area contributed by atoms with E-state index in [4.69, 9.17) is 28.9 Å². The first-order valence-corrected chi connectivity index (χ1v) is 6.33. The molecular formula is C12H15Cl2FN2O. The summed E-state index contributed by atoms with van der Waals surface area (Å²) in [5, 5.41) is 2.28. The second-order valence-electron chi connectivity index (χ2n) is 4.15. The van der Waals surface area contributed by atoms with Gasteiger partial charge in [-0.3, -0.25) is 4.79 Å². The van der Waals surface area contributed by atoms with Crippen molar-refractivity contribution in [1.82, 2.24) is 0 Å². The third-order valence-corrected chi connectivity index (χ3v) is 3.36. The molecule has 3 nitrogen and oxygen atoms in total. The number of nitrogens with two attached hydrogens (primary N) is 1. The molecule has 0 radical (unpaired) electrons. The van der Waals surface area contributed by atoms with E-state index in [-0.39, 0.29) is 21.9 Å². The van der Waals surface area contributed by atoms with Gasteiger partial charge >= 0.3 is 0 Å². The highest BCUT2D eigenvalue weighted by Crippen LogP contribution is 2.27. The van der Waals surface area contributed by atoms with Crippen molar-refractivity contribution in [2.45, 2.75) is 26.3 Å². The molecule has 1 aromatic rings. The Balaban J connectivity index is 2.82. The summed E-state index contributed by atoms with van der Waals surface area (Å²) in [6.07, 6.45) is 0.791. The minimum atomic E-state index is -0.706. The predicted octanol–water partition coefficient (Wildman–Crippen LogP) is 3.44. The molecule has 0 aromatic heterocycles. The molecule has 2 unspecified atom stereocenters. The molecule has 0 spiro atoms. The van der Waals surface area contributed by atoms with Crippen molar-refractivity contribution < 1.29 is 9.18 Å². The monoisotopic (exact) mass is 292 g/mol. The van der Waals surface area contributed by atoms with Gasteiger partial charge in [0.2, 0.25) is 5.91 Å². The summed E-state index contributed by atoms with van der Waals surface area (Å²) in [5.74, 6) is -0.998. The van der Waals surface area contributed by atoms with E-state index < -0.39 is 11.9 Å². The van der Waals surface area contributed by atoms with Crippen LogP contribution in [0.25, 0.3) is 0 Å². The summed E-state index contributed by atoms with van der Waals surface area (Å²) in [7, 11) is 0. The molecule has 0 aliphatic carbocycles. The number of amides is 1. The highest BCUT2D eigenvalue weighted by Gasteiger charge is 2.20. The van der Waals surface area contributed by atoms with E-state index in [0.717, 1.165) is 6.42 Å². The van der Waals surface area contributed by atoms with Crippen LogP contribution in [0.4, 0.5) is 10.1 Å². The lowest BCUT2D eigenvalue weighted by molar-refractivity contribution is -0.118. The van der Waals surface area contributed by atoms with Gasteiger partial charge in [0, 0.05) is 5.69 Å². The fourth-order valence-electron chi connectivity index (χ4n) is 1.37. The summed E-state index contributed by atoms with van der Waals surface area (Å²) in [6.45, 7) is 3.83. The third kappa shape index (κ3) is 3.57. The second-order valence-corrected chi connectivity index (χ2v) is 4.97. The van der Waals surface area contributed by atoms with Crippen molar-refractivity contribution in [3.05, 3.63) is 28.0 Å². The van der Waals surface area contributed by atoms with E-state index in [2.05, 4.69) is 5.32 Å². The summed E-state index contributed by atoms with van der Waals surface area (Å²) >= 11 is 11.3. The Morgan fingerprint density at radius 1 is 1.44 bits per heavy atom. The van der Waals surface area contributed by atoms with Crippen molar-refractivity contribution in [3.8, 4) is 0 Å². The maximum Gasteiger partial charge on any atom is 0.241 e. The van der Waals surface area contributed by atoms with Crippen LogP contribution in [0.5, 0.6) is 0 Å². The number of hydrogen-bond donors (Lipinski definition) is 2. The normalized spacial score (nSPS) is 14.1. The molecule has 1 amide bonds. The van der Waals surface area contributed by atoms with Crippen molar-refractivity contribution in [2.24, 2.45) is 11.7 Å². The van der Waals surface area contributed by atoms with Crippen LogP contribution < -0.4 is 11.1 Å². The molecule has 1 rings (SSSR count). The average molecular weight is 293 g/mol. The SMILES string of the molecule is CCC(C)C(N)C(=O)Nc1cc(Cl)c(F)c(Cl)c1. The molecular weight excluding hydrogens is 278 g/mol.